The molecule has 0 aliphatic heterocycles. The summed E-state index contributed by atoms with van der Waals surface area (Å²) in [5, 5.41) is 17.4. The molecule has 2 heterocycles. The quantitative estimate of drug-likeness (QED) is 0.206. The molecule has 0 saturated carbocycles. The van der Waals surface area contributed by atoms with Gasteiger partial charge in [0, 0.05) is 44.2 Å². The number of nitrogens with two attached hydrogens (primary N) is 1. The van der Waals surface area contributed by atoms with Crippen LogP contribution < -0.4 is 21.1 Å². The van der Waals surface area contributed by atoms with Crippen molar-refractivity contribution in [3.05, 3.63) is 53.6 Å². The fourth-order valence-electron chi connectivity index (χ4n) is 4.90. The number of aliphatic hydroxyl groups is 1. The Labute approximate surface area is 229 Å². The summed E-state index contributed by atoms with van der Waals surface area (Å²) >= 11 is 0. The minimum atomic E-state index is 0.0240. The lowest BCUT2D eigenvalue weighted by Crippen LogP contribution is -2.32. The van der Waals surface area contributed by atoms with Gasteiger partial charge in [-0.1, -0.05) is 37.6 Å². The molecule has 4 aromatic rings. The summed E-state index contributed by atoms with van der Waals surface area (Å²) in [7, 11) is 5.16. The smallest absolute Gasteiger partial charge is 0.236 e. The minimum absolute atomic E-state index is 0.0240. The number of aliphatic hydroxyl groups excluding tert-OH is 1. The van der Waals surface area contributed by atoms with E-state index in [-0.39, 0.29) is 31.0 Å². The number of nitrogens with one attached hydrogen (secondary N) is 2. The lowest BCUT2D eigenvalue weighted by atomic mass is 10.1. The average Bonchev–Trinajstić information content (AvgIpc) is 3.22. The third kappa shape index (κ3) is 6.40. The lowest BCUT2D eigenvalue weighted by molar-refractivity contribution is -0.127. The molecule has 2 aromatic heterocycles. The second kappa shape index (κ2) is 12.8. The van der Waals surface area contributed by atoms with Crippen LogP contribution in [0, 0.1) is 0 Å². The molecular formula is C29H39N7O3. The number of anilines is 2. The van der Waals surface area contributed by atoms with E-state index in [1.54, 1.807) is 26.1 Å². The fourth-order valence-corrected chi connectivity index (χ4v) is 4.90. The molecule has 10 nitrogen and oxygen atoms in total. The van der Waals surface area contributed by atoms with Gasteiger partial charge in [0.1, 0.15) is 16.8 Å². The molecule has 0 aliphatic rings. The minimum Gasteiger partial charge on any atom is -0.496 e. The molecule has 2 aromatic carbocycles. The summed E-state index contributed by atoms with van der Waals surface area (Å²) in [6, 6.07) is 14.2. The van der Waals surface area contributed by atoms with Gasteiger partial charge in [-0.15, -0.1) is 0 Å². The maximum Gasteiger partial charge on any atom is 0.236 e. The van der Waals surface area contributed by atoms with Crippen molar-refractivity contribution in [3.8, 4) is 5.75 Å². The Bertz CT molecular complexity index is 1430. The highest BCUT2D eigenvalue weighted by Crippen LogP contribution is 2.34. The van der Waals surface area contributed by atoms with Gasteiger partial charge in [-0.2, -0.15) is 4.98 Å². The number of hydrogen-bond donors (Lipinski definition) is 4. The van der Waals surface area contributed by atoms with Gasteiger partial charge in [-0.05, 0) is 36.6 Å². The molecule has 4 rings (SSSR count). The van der Waals surface area contributed by atoms with Crippen LogP contribution in [0.1, 0.15) is 37.3 Å². The Morgan fingerprint density at radius 2 is 1.97 bits per heavy atom. The lowest BCUT2D eigenvalue weighted by Gasteiger charge is -2.20. The number of amides is 1. The second-order valence-electron chi connectivity index (χ2n) is 9.91. The molecule has 0 spiro atoms. The molecule has 0 fully saturated rings. The average molecular weight is 534 g/mol. The summed E-state index contributed by atoms with van der Waals surface area (Å²) < 4.78 is 7.93. The van der Waals surface area contributed by atoms with Crippen LogP contribution in [0.4, 0.5) is 11.8 Å². The van der Waals surface area contributed by atoms with Crippen molar-refractivity contribution in [1.82, 2.24) is 24.8 Å². The van der Waals surface area contributed by atoms with Crippen molar-refractivity contribution in [1.29, 1.82) is 0 Å². The zero-order chi connectivity index (χ0) is 27.9. The van der Waals surface area contributed by atoms with Crippen LogP contribution in [0.3, 0.4) is 0 Å². The Hall–Kier alpha value is -3.89. The molecule has 5 N–H and O–H groups in total. The van der Waals surface area contributed by atoms with Crippen LogP contribution >= 0.6 is 0 Å². The maximum atomic E-state index is 12.0. The number of rotatable bonds is 13. The SMILES string of the molecule is CCC[C@@H](CCO)Nc1nc(N)nc2c3ccccc3n(Cc3cc(CNCC(=O)N(C)C)ccc3OC)c12. The Balaban J connectivity index is 1.78. The van der Waals surface area contributed by atoms with Crippen LogP contribution in [0.15, 0.2) is 42.5 Å². The summed E-state index contributed by atoms with van der Waals surface area (Å²) in [6.07, 6.45) is 2.48. The van der Waals surface area contributed by atoms with E-state index in [0.29, 0.717) is 25.3 Å². The highest BCUT2D eigenvalue weighted by molar-refractivity contribution is 6.09. The molecule has 1 amide bonds. The first-order chi connectivity index (χ1) is 18.9. The van der Waals surface area contributed by atoms with Crippen LogP contribution in [-0.2, 0) is 17.9 Å². The molecule has 208 valence electrons. The Morgan fingerprint density at radius 1 is 1.18 bits per heavy atom. The number of ether oxygens (including phenoxy) is 1. The number of carbonyl (C=O) groups is 1. The third-order valence-electron chi connectivity index (χ3n) is 6.85. The summed E-state index contributed by atoms with van der Waals surface area (Å²) in [4.78, 5) is 22.8. The van der Waals surface area contributed by atoms with E-state index in [1.807, 2.05) is 30.3 Å². The molecule has 1 atom stereocenters. The molecule has 0 saturated heterocycles. The first-order valence-electron chi connectivity index (χ1n) is 13.3. The van der Waals surface area contributed by atoms with Crippen LogP contribution in [0.2, 0.25) is 0 Å². The number of likely N-dealkylation sites (N-methyl/N-ethyl adjacent to an activating group) is 1. The number of benzene rings is 2. The number of hydrogen-bond acceptors (Lipinski definition) is 8. The number of aromatic nitrogens is 3. The number of nitrogen functional groups attached to an aromatic ring is 1. The van der Waals surface area contributed by atoms with Crippen molar-refractivity contribution in [3.63, 3.8) is 0 Å². The van der Waals surface area contributed by atoms with Crippen molar-refractivity contribution in [2.24, 2.45) is 0 Å². The van der Waals surface area contributed by atoms with Crippen molar-refractivity contribution in [2.75, 3.05) is 45.4 Å². The molecule has 39 heavy (non-hydrogen) atoms. The van der Waals surface area contributed by atoms with Gasteiger partial charge in [-0.25, -0.2) is 4.98 Å². The van der Waals surface area contributed by atoms with E-state index in [9.17, 15) is 9.90 Å². The number of fused-ring (bicyclic) bond motifs is 3. The molecule has 0 unspecified atom stereocenters. The van der Waals surface area contributed by atoms with Gasteiger partial charge in [0.15, 0.2) is 5.82 Å². The van der Waals surface area contributed by atoms with Crippen molar-refractivity contribution >= 4 is 39.6 Å². The molecule has 0 bridgehead atoms. The molecule has 10 heteroatoms. The van der Waals surface area contributed by atoms with Gasteiger partial charge < -0.3 is 35.7 Å². The predicted octanol–water partition coefficient (Wildman–Crippen LogP) is 3.36. The highest BCUT2D eigenvalue weighted by Gasteiger charge is 2.21. The fraction of sp³-hybridized carbons (Fsp3) is 0.414. The molecule has 0 aliphatic carbocycles. The van der Waals surface area contributed by atoms with Gasteiger partial charge in [-0.3, -0.25) is 4.79 Å². The summed E-state index contributed by atoms with van der Waals surface area (Å²) in [6.45, 7) is 3.54. The van der Waals surface area contributed by atoms with Gasteiger partial charge >= 0.3 is 0 Å². The van der Waals surface area contributed by atoms with Gasteiger partial charge in [0.2, 0.25) is 11.9 Å². The third-order valence-corrected chi connectivity index (χ3v) is 6.85. The van der Waals surface area contributed by atoms with Gasteiger partial charge in [0.05, 0.1) is 25.7 Å². The van der Waals surface area contributed by atoms with E-state index < -0.39 is 0 Å². The number of methoxy groups -OCH3 is 1. The molecular weight excluding hydrogens is 494 g/mol. The van der Waals surface area contributed by atoms with E-state index in [4.69, 9.17) is 10.5 Å². The van der Waals surface area contributed by atoms with Crippen LogP contribution in [0.25, 0.3) is 21.9 Å². The zero-order valence-corrected chi connectivity index (χ0v) is 23.2. The number of para-hydroxylation sites is 1. The standard InChI is InChI=1S/C29H39N7O3/c1-5-8-21(13-14-37)32-28-27-26(33-29(30)34-28)22-9-6-7-10-23(22)36(27)18-20-15-19(11-12-24(20)39-4)16-31-17-25(38)35(2)3/h6-7,9-12,15,21,31,37H,5,8,13-14,16-18H2,1-4H3,(H3,30,32,33,34)/t21-/m0/s1. The van der Waals surface area contributed by atoms with Crippen LogP contribution in [-0.4, -0.2) is 70.8 Å². The van der Waals surface area contributed by atoms with E-state index in [1.165, 1.54) is 0 Å². The first-order valence-corrected chi connectivity index (χ1v) is 13.3. The Morgan fingerprint density at radius 3 is 2.69 bits per heavy atom. The van der Waals surface area contributed by atoms with Gasteiger partial charge in [0.25, 0.3) is 0 Å². The molecule has 0 radical (unpaired) electrons. The normalized spacial score (nSPS) is 12.1. The van der Waals surface area contributed by atoms with Crippen molar-refractivity contribution < 1.29 is 14.6 Å². The zero-order valence-electron chi connectivity index (χ0n) is 23.2. The van der Waals surface area contributed by atoms with E-state index >= 15 is 0 Å². The topological polar surface area (TPSA) is 131 Å². The number of carbonyl (C=O) groups excluding carboxylic acids is 1. The largest absolute Gasteiger partial charge is 0.496 e. The Kier molecular flexibility index (Phi) is 9.21. The summed E-state index contributed by atoms with van der Waals surface area (Å²) in [5.41, 5.74) is 10.8. The van der Waals surface area contributed by atoms with Crippen molar-refractivity contribution in [2.45, 2.75) is 45.3 Å². The van der Waals surface area contributed by atoms with Crippen LogP contribution in [0.5, 0.6) is 5.75 Å². The second-order valence-corrected chi connectivity index (χ2v) is 9.91. The monoisotopic (exact) mass is 533 g/mol. The number of nitrogens with zero attached hydrogens (tertiary/aromatic N) is 4. The summed E-state index contributed by atoms with van der Waals surface area (Å²) in [5.74, 6) is 1.64. The highest BCUT2D eigenvalue weighted by atomic mass is 16.5. The maximum absolute atomic E-state index is 12.0. The predicted molar refractivity (Wildman–Crippen MR) is 156 cm³/mol. The van der Waals surface area contributed by atoms with E-state index in [2.05, 4.69) is 44.2 Å². The van der Waals surface area contributed by atoms with E-state index in [0.717, 1.165) is 51.7 Å². The first kappa shape index (κ1) is 28.1.